The molecule has 0 atom stereocenters. The Bertz CT molecular complexity index is 1640. The van der Waals surface area contributed by atoms with Crippen LogP contribution in [-0.4, -0.2) is 4.98 Å². The molecule has 164 valence electrons. The second kappa shape index (κ2) is 7.08. The lowest BCUT2D eigenvalue weighted by Gasteiger charge is -2.25. The zero-order valence-electron chi connectivity index (χ0n) is 19.7. The Morgan fingerprint density at radius 1 is 0.676 bits per heavy atom. The van der Waals surface area contributed by atoms with E-state index in [1.165, 1.54) is 66.3 Å². The summed E-state index contributed by atoms with van der Waals surface area (Å²) in [7, 11) is 0. The number of benzene rings is 4. The number of fused-ring (bicyclic) bond motifs is 7. The summed E-state index contributed by atoms with van der Waals surface area (Å²) in [6.07, 6.45) is 7.20. The van der Waals surface area contributed by atoms with Gasteiger partial charge in [-0.3, -0.25) is 0 Å². The van der Waals surface area contributed by atoms with E-state index in [2.05, 4.69) is 116 Å². The van der Waals surface area contributed by atoms with E-state index in [0.717, 1.165) is 12.8 Å². The molecule has 1 nitrogen and oxygen atoms in total. The smallest absolute Gasteiger partial charge is 0.0548 e. The van der Waals surface area contributed by atoms with Crippen molar-refractivity contribution in [2.24, 2.45) is 0 Å². The molecule has 1 heterocycles. The maximum absolute atomic E-state index is 3.84. The fourth-order valence-corrected chi connectivity index (χ4v) is 6.25. The SMILES string of the molecule is CC1(C)C2=CCCC=C2c2c1c(-c1ccccc1)cc1c2[nH]c2ccc(-c3ccccc3)cc21. The predicted octanol–water partition coefficient (Wildman–Crippen LogP) is 9.05. The highest BCUT2D eigenvalue weighted by Crippen LogP contribution is 2.57. The van der Waals surface area contributed by atoms with Gasteiger partial charge in [0.1, 0.15) is 0 Å². The zero-order valence-corrected chi connectivity index (χ0v) is 19.7. The Hall–Kier alpha value is -3.84. The molecule has 1 heteroatoms. The summed E-state index contributed by atoms with van der Waals surface area (Å²) >= 11 is 0. The molecule has 0 fully saturated rings. The van der Waals surface area contributed by atoms with Gasteiger partial charge < -0.3 is 4.98 Å². The Balaban J connectivity index is 1.61. The van der Waals surface area contributed by atoms with Crippen LogP contribution >= 0.6 is 0 Å². The topological polar surface area (TPSA) is 15.8 Å². The molecule has 0 bridgehead atoms. The number of nitrogens with one attached hydrogen (secondary N) is 1. The summed E-state index contributed by atoms with van der Waals surface area (Å²) in [4.78, 5) is 3.84. The van der Waals surface area contributed by atoms with Gasteiger partial charge in [-0.05, 0) is 70.0 Å². The molecule has 0 spiro atoms. The Labute approximate surface area is 200 Å². The van der Waals surface area contributed by atoms with Crippen molar-refractivity contribution in [2.75, 3.05) is 0 Å². The summed E-state index contributed by atoms with van der Waals surface area (Å²) in [5, 5.41) is 2.61. The third-order valence-corrected chi connectivity index (χ3v) is 7.81. The van der Waals surface area contributed by atoms with Crippen molar-refractivity contribution < 1.29 is 0 Å². The van der Waals surface area contributed by atoms with Crippen molar-refractivity contribution in [2.45, 2.75) is 32.1 Å². The lowest BCUT2D eigenvalue weighted by atomic mass is 9.77. The number of aromatic amines is 1. The van der Waals surface area contributed by atoms with Gasteiger partial charge in [0.25, 0.3) is 0 Å². The minimum absolute atomic E-state index is 0.0204. The van der Waals surface area contributed by atoms with Crippen molar-refractivity contribution in [3.05, 3.63) is 114 Å². The highest BCUT2D eigenvalue weighted by atomic mass is 14.7. The molecule has 7 rings (SSSR count). The van der Waals surface area contributed by atoms with Crippen LogP contribution in [0.15, 0.2) is 103 Å². The van der Waals surface area contributed by atoms with Crippen LogP contribution in [0.5, 0.6) is 0 Å². The Morgan fingerprint density at radius 2 is 1.38 bits per heavy atom. The minimum Gasteiger partial charge on any atom is -0.354 e. The molecule has 1 N–H and O–H groups in total. The second-order valence-corrected chi connectivity index (χ2v) is 10.2. The average molecular weight is 438 g/mol. The summed E-state index contributed by atoms with van der Waals surface area (Å²) in [6, 6.07) is 30.9. The molecule has 5 aromatic rings. The van der Waals surface area contributed by atoms with Crippen LogP contribution in [0.1, 0.15) is 37.8 Å². The lowest BCUT2D eigenvalue weighted by molar-refractivity contribution is 0.656. The summed E-state index contributed by atoms with van der Waals surface area (Å²) in [5.41, 5.74) is 13.4. The zero-order chi connectivity index (χ0) is 22.9. The third-order valence-electron chi connectivity index (χ3n) is 7.81. The fraction of sp³-hybridized carbons (Fsp3) is 0.152. The first-order valence-corrected chi connectivity index (χ1v) is 12.3. The van der Waals surface area contributed by atoms with Crippen LogP contribution in [0.3, 0.4) is 0 Å². The van der Waals surface area contributed by atoms with Crippen LogP contribution in [0.4, 0.5) is 0 Å². The van der Waals surface area contributed by atoms with Gasteiger partial charge in [0.15, 0.2) is 0 Å². The van der Waals surface area contributed by atoms with Gasteiger partial charge in [0, 0.05) is 27.3 Å². The number of hydrogen-bond acceptors (Lipinski definition) is 0. The van der Waals surface area contributed by atoms with Crippen LogP contribution in [0, 0.1) is 0 Å². The first-order chi connectivity index (χ1) is 16.6. The molecule has 2 aliphatic carbocycles. The molecule has 0 radical (unpaired) electrons. The summed E-state index contributed by atoms with van der Waals surface area (Å²) in [6.45, 7) is 4.80. The lowest BCUT2D eigenvalue weighted by Crippen LogP contribution is -2.17. The Kier molecular flexibility index (Phi) is 4.08. The van der Waals surface area contributed by atoms with Crippen molar-refractivity contribution in [1.82, 2.24) is 4.98 Å². The van der Waals surface area contributed by atoms with E-state index < -0.39 is 0 Å². The molecular weight excluding hydrogens is 410 g/mol. The highest BCUT2D eigenvalue weighted by Gasteiger charge is 2.42. The molecule has 0 amide bonds. The van der Waals surface area contributed by atoms with E-state index in [-0.39, 0.29) is 5.41 Å². The van der Waals surface area contributed by atoms with Crippen molar-refractivity contribution in [1.29, 1.82) is 0 Å². The highest BCUT2D eigenvalue weighted by molar-refractivity contribution is 6.16. The van der Waals surface area contributed by atoms with E-state index >= 15 is 0 Å². The maximum atomic E-state index is 3.84. The van der Waals surface area contributed by atoms with Crippen molar-refractivity contribution in [3.8, 4) is 22.3 Å². The molecule has 0 saturated heterocycles. The molecule has 4 aromatic carbocycles. The number of H-pyrrole nitrogens is 1. The predicted molar refractivity (Wildman–Crippen MR) is 145 cm³/mol. The first kappa shape index (κ1) is 19.6. The number of aromatic nitrogens is 1. The quantitative estimate of drug-likeness (QED) is 0.283. The van der Waals surface area contributed by atoms with Crippen LogP contribution in [0.25, 0.3) is 49.6 Å². The third kappa shape index (κ3) is 2.67. The summed E-state index contributed by atoms with van der Waals surface area (Å²) in [5.74, 6) is 0. The maximum Gasteiger partial charge on any atom is 0.0548 e. The normalized spacial score (nSPS) is 16.3. The van der Waals surface area contributed by atoms with Crippen LogP contribution in [0.2, 0.25) is 0 Å². The molecule has 0 saturated carbocycles. The van der Waals surface area contributed by atoms with E-state index in [9.17, 15) is 0 Å². The van der Waals surface area contributed by atoms with Gasteiger partial charge in [-0.25, -0.2) is 0 Å². The number of allylic oxidation sites excluding steroid dienone is 4. The largest absolute Gasteiger partial charge is 0.354 e. The monoisotopic (exact) mass is 437 g/mol. The molecule has 2 aliphatic rings. The van der Waals surface area contributed by atoms with E-state index in [1.54, 1.807) is 0 Å². The van der Waals surface area contributed by atoms with Gasteiger partial charge in [0.2, 0.25) is 0 Å². The molecule has 0 aliphatic heterocycles. The minimum atomic E-state index is -0.0204. The number of rotatable bonds is 2. The van der Waals surface area contributed by atoms with Crippen molar-refractivity contribution in [3.63, 3.8) is 0 Å². The van der Waals surface area contributed by atoms with Gasteiger partial charge in [-0.1, -0.05) is 92.7 Å². The van der Waals surface area contributed by atoms with E-state index in [0.29, 0.717) is 0 Å². The molecule has 0 unspecified atom stereocenters. The fourth-order valence-electron chi connectivity index (χ4n) is 6.25. The second-order valence-electron chi connectivity index (χ2n) is 10.2. The Morgan fingerprint density at radius 3 is 2.15 bits per heavy atom. The standard InChI is InChI=1S/C33H27N/c1-33(2)28-16-10-9-15-24(28)30-31(33)25(22-13-7-4-8-14-22)20-27-26-19-23(21-11-5-3-6-12-21)17-18-29(26)34-32(27)30/h3-8,11-20,34H,9-10H2,1-2H3. The van der Waals surface area contributed by atoms with Crippen LogP contribution < -0.4 is 0 Å². The van der Waals surface area contributed by atoms with Gasteiger partial charge >= 0.3 is 0 Å². The van der Waals surface area contributed by atoms with Gasteiger partial charge in [-0.2, -0.15) is 0 Å². The van der Waals surface area contributed by atoms with Crippen LogP contribution in [-0.2, 0) is 5.41 Å². The number of hydrogen-bond donors (Lipinski definition) is 1. The first-order valence-electron chi connectivity index (χ1n) is 12.3. The molecular formula is C33H27N. The van der Waals surface area contributed by atoms with Gasteiger partial charge in [-0.15, -0.1) is 0 Å². The van der Waals surface area contributed by atoms with E-state index in [4.69, 9.17) is 0 Å². The summed E-state index contributed by atoms with van der Waals surface area (Å²) < 4.78 is 0. The van der Waals surface area contributed by atoms with Gasteiger partial charge in [0.05, 0.1) is 5.52 Å². The van der Waals surface area contributed by atoms with Crippen molar-refractivity contribution >= 4 is 27.4 Å². The van der Waals surface area contributed by atoms with E-state index in [1.807, 2.05) is 0 Å². The molecule has 34 heavy (non-hydrogen) atoms. The average Bonchev–Trinajstić information content (AvgIpc) is 3.37. The molecule has 1 aromatic heterocycles.